The Balaban J connectivity index is 1.92. The SMILES string of the molecule is CCCOc1ccccc1NC(=O)COc1cccc(C)c1. The van der Waals surface area contributed by atoms with Gasteiger partial charge >= 0.3 is 0 Å². The highest BCUT2D eigenvalue weighted by molar-refractivity contribution is 5.93. The van der Waals surface area contributed by atoms with Crippen LogP contribution in [0, 0.1) is 6.92 Å². The van der Waals surface area contributed by atoms with Crippen LogP contribution in [0.3, 0.4) is 0 Å². The van der Waals surface area contributed by atoms with E-state index in [9.17, 15) is 4.79 Å². The highest BCUT2D eigenvalue weighted by Gasteiger charge is 2.08. The standard InChI is InChI=1S/C18H21NO3/c1-3-11-21-17-10-5-4-9-16(17)19-18(20)13-22-15-8-6-7-14(2)12-15/h4-10,12H,3,11,13H2,1-2H3,(H,19,20). The van der Waals surface area contributed by atoms with Gasteiger partial charge in [0.05, 0.1) is 12.3 Å². The minimum atomic E-state index is -0.214. The molecule has 0 saturated heterocycles. The first-order valence-corrected chi connectivity index (χ1v) is 7.40. The van der Waals surface area contributed by atoms with Gasteiger partial charge in [-0.1, -0.05) is 31.2 Å². The van der Waals surface area contributed by atoms with E-state index in [1.165, 1.54) is 0 Å². The number of aryl methyl sites for hydroxylation is 1. The van der Waals surface area contributed by atoms with Gasteiger partial charge in [-0.2, -0.15) is 0 Å². The van der Waals surface area contributed by atoms with Crippen molar-refractivity contribution in [1.29, 1.82) is 0 Å². The lowest BCUT2D eigenvalue weighted by atomic mass is 10.2. The quantitative estimate of drug-likeness (QED) is 0.846. The van der Waals surface area contributed by atoms with E-state index < -0.39 is 0 Å². The summed E-state index contributed by atoms with van der Waals surface area (Å²) in [6.07, 6.45) is 0.915. The molecule has 2 aromatic rings. The van der Waals surface area contributed by atoms with Gasteiger partial charge in [-0.3, -0.25) is 4.79 Å². The topological polar surface area (TPSA) is 47.6 Å². The first-order chi connectivity index (χ1) is 10.7. The number of ether oxygens (including phenoxy) is 2. The maximum atomic E-state index is 12.0. The second-order valence-corrected chi connectivity index (χ2v) is 5.00. The summed E-state index contributed by atoms with van der Waals surface area (Å²) < 4.78 is 11.1. The van der Waals surface area contributed by atoms with Crippen molar-refractivity contribution >= 4 is 11.6 Å². The molecule has 0 heterocycles. The number of rotatable bonds is 7. The van der Waals surface area contributed by atoms with E-state index in [4.69, 9.17) is 9.47 Å². The van der Waals surface area contributed by atoms with Crippen molar-refractivity contribution in [3.63, 3.8) is 0 Å². The van der Waals surface area contributed by atoms with Gasteiger partial charge in [0.15, 0.2) is 6.61 Å². The van der Waals surface area contributed by atoms with Crippen LogP contribution in [0.1, 0.15) is 18.9 Å². The van der Waals surface area contributed by atoms with E-state index in [0.717, 1.165) is 12.0 Å². The Morgan fingerprint density at radius 3 is 2.68 bits per heavy atom. The van der Waals surface area contributed by atoms with Crippen molar-refractivity contribution in [2.75, 3.05) is 18.5 Å². The van der Waals surface area contributed by atoms with Gasteiger partial charge < -0.3 is 14.8 Å². The fourth-order valence-electron chi connectivity index (χ4n) is 1.95. The van der Waals surface area contributed by atoms with Crippen molar-refractivity contribution < 1.29 is 14.3 Å². The van der Waals surface area contributed by atoms with Crippen LogP contribution >= 0.6 is 0 Å². The maximum absolute atomic E-state index is 12.0. The van der Waals surface area contributed by atoms with Crippen molar-refractivity contribution in [2.24, 2.45) is 0 Å². The average molecular weight is 299 g/mol. The Labute approximate surface area is 131 Å². The molecule has 0 saturated carbocycles. The van der Waals surface area contributed by atoms with Crippen molar-refractivity contribution in [2.45, 2.75) is 20.3 Å². The molecule has 0 aliphatic carbocycles. The molecule has 0 aliphatic heterocycles. The predicted octanol–water partition coefficient (Wildman–Crippen LogP) is 3.80. The molecule has 0 atom stereocenters. The summed E-state index contributed by atoms with van der Waals surface area (Å²) in [5.41, 5.74) is 1.75. The lowest BCUT2D eigenvalue weighted by molar-refractivity contribution is -0.118. The molecule has 2 rings (SSSR count). The molecule has 22 heavy (non-hydrogen) atoms. The summed E-state index contributed by atoms with van der Waals surface area (Å²) in [5.74, 6) is 1.15. The first kappa shape index (κ1) is 15.9. The third kappa shape index (κ3) is 4.81. The average Bonchev–Trinajstić information content (AvgIpc) is 2.52. The van der Waals surface area contributed by atoms with E-state index in [2.05, 4.69) is 5.32 Å². The Morgan fingerprint density at radius 2 is 1.91 bits per heavy atom. The van der Waals surface area contributed by atoms with Gasteiger partial charge in [-0.05, 0) is 43.2 Å². The number of carbonyl (C=O) groups is 1. The minimum absolute atomic E-state index is 0.0361. The lowest BCUT2D eigenvalue weighted by Crippen LogP contribution is -2.20. The molecule has 0 fully saturated rings. The zero-order valence-electron chi connectivity index (χ0n) is 13.0. The van der Waals surface area contributed by atoms with Crippen LogP contribution in [0.2, 0.25) is 0 Å². The van der Waals surface area contributed by atoms with Crippen LogP contribution < -0.4 is 14.8 Å². The second kappa shape index (κ2) is 8.08. The van der Waals surface area contributed by atoms with E-state index >= 15 is 0 Å². The first-order valence-electron chi connectivity index (χ1n) is 7.40. The molecule has 0 aliphatic rings. The Morgan fingerprint density at radius 1 is 1.09 bits per heavy atom. The summed E-state index contributed by atoms with van der Waals surface area (Å²) in [4.78, 5) is 12.0. The van der Waals surface area contributed by atoms with Crippen LogP contribution in [0.5, 0.6) is 11.5 Å². The summed E-state index contributed by atoms with van der Waals surface area (Å²) in [5, 5.41) is 2.82. The van der Waals surface area contributed by atoms with Crippen molar-refractivity contribution in [1.82, 2.24) is 0 Å². The maximum Gasteiger partial charge on any atom is 0.262 e. The van der Waals surface area contributed by atoms with Crippen molar-refractivity contribution in [3.8, 4) is 11.5 Å². The number of para-hydroxylation sites is 2. The number of benzene rings is 2. The second-order valence-electron chi connectivity index (χ2n) is 5.00. The molecule has 0 radical (unpaired) electrons. The van der Waals surface area contributed by atoms with Crippen LogP contribution in [-0.4, -0.2) is 19.1 Å². The third-order valence-corrected chi connectivity index (χ3v) is 2.98. The van der Waals surface area contributed by atoms with E-state index in [0.29, 0.717) is 23.8 Å². The minimum Gasteiger partial charge on any atom is -0.491 e. The monoisotopic (exact) mass is 299 g/mol. The van der Waals surface area contributed by atoms with Crippen LogP contribution in [-0.2, 0) is 4.79 Å². The molecular formula is C18H21NO3. The van der Waals surface area contributed by atoms with Gasteiger partial charge in [-0.25, -0.2) is 0 Å². The number of carbonyl (C=O) groups excluding carboxylic acids is 1. The molecule has 0 aromatic heterocycles. The number of nitrogens with one attached hydrogen (secondary N) is 1. The van der Waals surface area contributed by atoms with Gasteiger partial charge in [0.25, 0.3) is 5.91 Å². The lowest BCUT2D eigenvalue weighted by Gasteiger charge is -2.12. The Bertz CT molecular complexity index is 625. The molecular weight excluding hydrogens is 278 g/mol. The van der Waals surface area contributed by atoms with Crippen LogP contribution in [0.25, 0.3) is 0 Å². The molecule has 0 unspecified atom stereocenters. The fraction of sp³-hybridized carbons (Fsp3) is 0.278. The van der Waals surface area contributed by atoms with Crippen molar-refractivity contribution in [3.05, 3.63) is 54.1 Å². The van der Waals surface area contributed by atoms with Gasteiger partial charge in [0.1, 0.15) is 11.5 Å². The number of hydrogen-bond acceptors (Lipinski definition) is 3. The molecule has 2 aromatic carbocycles. The zero-order chi connectivity index (χ0) is 15.8. The highest BCUT2D eigenvalue weighted by atomic mass is 16.5. The highest BCUT2D eigenvalue weighted by Crippen LogP contribution is 2.23. The predicted molar refractivity (Wildman–Crippen MR) is 87.5 cm³/mol. The molecule has 0 spiro atoms. The summed E-state index contributed by atoms with van der Waals surface area (Å²) in [6, 6.07) is 15.0. The fourth-order valence-corrected chi connectivity index (χ4v) is 1.95. The Kier molecular flexibility index (Phi) is 5.83. The molecule has 116 valence electrons. The number of anilines is 1. The molecule has 4 nitrogen and oxygen atoms in total. The molecule has 1 N–H and O–H groups in total. The third-order valence-electron chi connectivity index (χ3n) is 2.98. The van der Waals surface area contributed by atoms with E-state index in [-0.39, 0.29) is 12.5 Å². The summed E-state index contributed by atoms with van der Waals surface area (Å²) in [6.45, 7) is 4.60. The normalized spacial score (nSPS) is 10.1. The number of hydrogen-bond donors (Lipinski definition) is 1. The molecule has 4 heteroatoms. The number of amides is 1. The molecule has 0 bridgehead atoms. The Hall–Kier alpha value is -2.49. The summed E-state index contributed by atoms with van der Waals surface area (Å²) >= 11 is 0. The molecule has 1 amide bonds. The van der Waals surface area contributed by atoms with E-state index in [1.54, 1.807) is 0 Å². The van der Waals surface area contributed by atoms with Crippen LogP contribution in [0.15, 0.2) is 48.5 Å². The van der Waals surface area contributed by atoms with E-state index in [1.807, 2.05) is 62.4 Å². The van der Waals surface area contributed by atoms with Gasteiger partial charge in [0.2, 0.25) is 0 Å². The zero-order valence-corrected chi connectivity index (χ0v) is 13.0. The summed E-state index contributed by atoms with van der Waals surface area (Å²) in [7, 11) is 0. The van der Waals surface area contributed by atoms with Gasteiger partial charge in [-0.15, -0.1) is 0 Å². The smallest absolute Gasteiger partial charge is 0.262 e. The van der Waals surface area contributed by atoms with Gasteiger partial charge in [0, 0.05) is 0 Å². The largest absolute Gasteiger partial charge is 0.491 e. The van der Waals surface area contributed by atoms with Crippen LogP contribution in [0.4, 0.5) is 5.69 Å².